The van der Waals surface area contributed by atoms with Gasteiger partial charge in [0.05, 0.1) is 0 Å². The highest BCUT2D eigenvalue weighted by Crippen LogP contribution is 2.28. The van der Waals surface area contributed by atoms with E-state index in [1.807, 2.05) is 0 Å². The van der Waals surface area contributed by atoms with E-state index in [0.717, 1.165) is 32.2 Å². The Labute approximate surface area is 133 Å². The van der Waals surface area contributed by atoms with E-state index in [0.29, 0.717) is 0 Å². The summed E-state index contributed by atoms with van der Waals surface area (Å²) in [6.45, 7) is 4.43. The van der Waals surface area contributed by atoms with Crippen molar-refractivity contribution in [2.75, 3.05) is 13.1 Å². The van der Waals surface area contributed by atoms with Gasteiger partial charge in [-0.2, -0.15) is 0 Å². The zero-order chi connectivity index (χ0) is 14.8. The second kappa shape index (κ2) is 6.43. The number of aryl methyl sites for hydroxylation is 1. The van der Waals surface area contributed by atoms with Gasteiger partial charge >= 0.3 is 0 Å². The molecule has 2 N–H and O–H groups in total. The van der Waals surface area contributed by atoms with E-state index in [9.17, 15) is 0 Å². The summed E-state index contributed by atoms with van der Waals surface area (Å²) in [4.78, 5) is 0. The molecule has 4 rings (SSSR count). The summed E-state index contributed by atoms with van der Waals surface area (Å²) in [5.41, 5.74) is 4.53. The van der Waals surface area contributed by atoms with Gasteiger partial charge in [0.1, 0.15) is 0 Å². The van der Waals surface area contributed by atoms with Crippen LogP contribution in [0.25, 0.3) is 10.9 Å². The number of hydrogen-bond donors (Lipinski definition) is 2. The number of benzene rings is 1. The minimum atomic E-state index is 0.789. The SMILES string of the molecule is c1ccc2c(c1)c1c(n2CCCNC2CCCC2)CNCC1. The van der Waals surface area contributed by atoms with Crippen LogP contribution >= 0.6 is 0 Å². The standard InChI is InChI=1S/C19H27N3/c1-2-7-15(6-1)21-11-5-13-22-18-9-4-3-8-16(18)17-10-12-20-14-19(17)22/h3-4,8-9,15,20-21H,1-2,5-7,10-14H2. The predicted octanol–water partition coefficient (Wildman–Crippen LogP) is 3.21. The number of para-hydroxylation sites is 1. The maximum Gasteiger partial charge on any atom is 0.0485 e. The van der Waals surface area contributed by atoms with Gasteiger partial charge < -0.3 is 15.2 Å². The van der Waals surface area contributed by atoms with Crippen molar-refractivity contribution in [3.05, 3.63) is 35.5 Å². The monoisotopic (exact) mass is 297 g/mol. The summed E-state index contributed by atoms with van der Waals surface area (Å²) < 4.78 is 2.56. The maximum atomic E-state index is 3.74. The molecule has 2 aromatic rings. The highest BCUT2D eigenvalue weighted by Gasteiger charge is 2.19. The lowest BCUT2D eigenvalue weighted by atomic mass is 10.1. The highest BCUT2D eigenvalue weighted by atomic mass is 15.0. The smallest absolute Gasteiger partial charge is 0.0485 e. The molecule has 22 heavy (non-hydrogen) atoms. The van der Waals surface area contributed by atoms with Crippen LogP contribution in [-0.4, -0.2) is 23.7 Å². The molecule has 0 atom stereocenters. The van der Waals surface area contributed by atoms with Gasteiger partial charge in [-0.3, -0.25) is 0 Å². The van der Waals surface area contributed by atoms with Crippen LogP contribution < -0.4 is 10.6 Å². The Hall–Kier alpha value is -1.32. The minimum absolute atomic E-state index is 0.789. The summed E-state index contributed by atoms with van der Waals surface area (Å²) in [5.74, 6) is 0. The maximum absolute atomic E-state index is 3.74. The quantitative estimate of drug-likeness (QED) is 0.830. The molecule has 2 aliphatic rings. The van der Waals surface area contributed by atoms with Gasteiger partial charge in [-0.15, -0.1) is 0 Å². The fourth-order valence-electron chi connectivity index (χ4n) is 4.26. The molecule has 1 saturated carbocycles. The van der Waals surface area contributed by atoms with E-state index in [-0.39, 0.29) is 0 Å². The van der Waals surface area contributed by atoms with Crippen molar-refractivity contribution in [1.29, 1.82) is 0 Å². The first-order valence-corrected chi connectivity index (χ1v) is 8.96. The molecular weight excluding hydrogens is 270 g/mol. The van der Waals surface area contributed by atoms with Crippen molar-refractivity contribution in [2.24, 2.45) is 0 Å². The zero-order valence-corrected chi connectivity index (χ0v) is 13.4. The second-order valence-electron chi connectivity index (χ2n) is 6.81. The van der Waals surface area contributed by atoms with Crippen LogP contribution in [0.2, 0.25) is 0 Å². The fraction of sp³-hybridized carbons (Fsp3) is 0.579. The molecule has 1 aromatic carbocycles. The Balaban J connectivity index is 1.48. The van der Waals surface area contributed by atoms with Gasteiger partial charge in [0.15, 0.2) is 0 Å². The van der Waals surface area contributed by atoms with Crippen molar-refractivity contribution < 1.29 is 0 Å². The number of fused-ring (bicyclic) bond motifs is 3. The van der Waals surface area contributed by atoms with Crippen LogP contribution in [0.3, 0.4) is 0 Å². The Morgan fingerprint density at radius 2 is 2.05 bits per heavy atom. The molecule has 0 bridgehead atoms. The molecule has 0 unspecified atom stereocenters. The lowest BCUT2D eigenvalue weighted by Gasteiger charge is -2.18. The number of aromatic nitrogens is 1. The van der Waals surface area contributed by atoms with E-state index in [4.69, 9.17) is 0 Å². The molecule has 0 spiro atoms. The lowest BCUT2D eigenvalue weighted by molar-refractivity contribution is 0.490. The van der Waals surface area contributed by atoms with Gasteiger partial charge in [0.25, 0.3) is 0 Å². The summed E-state index contributed by atoms with van der Waals surface area (Å²) >= 11 is 0. The number of rotatable bonds is 5. The highest BCUT2D eigenvalue weighted by molar-refractivity contribution is 5.85. The van der Waals surface area contributed by atoms with E-state index in [1.54, 1.807) is 5.56 Å². The Morgan fingerprint density at radius 1 is 1.18 bits per heavy atom. The lowest BCUT2D eigenvalue weighted by Crippen LogP contribution is -2.28. The van der Waals surface area contributed by atoms with E-state index < -0.39 is 0 Å². The molecule has 3 heteroatoms. The van der Waals surface area contributed by atoms with Crippen molar-refractivity contribution in [2.45, 2.75) is 57.7 Å². The normalized spacial score (nSPS) is 18.9. The van der Waals surface area contributed by atoms with Crippen molar-refractivity contribution >= 4 is 10.9 Å². The fourth-order valence-corrected chi connectivity index (χ4v) is 4.26. The molecule has 2 heterocycles. The third kappa shape index (κ3) is 2.68. The van der Waals surface area contributed by atoms with Crippen molar-refractivity contribution in [3.63, 3.8) is 0 Å². The molecule has 1 aliphatic carbocycles. The molecule has 0 saturated heterocycles. The van der Waals surface area contributed by atoms with Gasteiger partial charge in [-0.05, 0) is 50.4 Å². The van der Waals surface area contributed by atoms with Crippen LogP contribution in [0, 0.1) is 0 Å². The summed E-state index contributed by atoms with van der Waals surface area (Å²) in [7, 11) is 0. The first-order valence-electron chi connectivity index (χ1n) is 8.96. The van der Waals surface area contributed by atoms with Gasteiger partial charge in [-0.25, -0.2) is 0 Å². The van der Waals surface area contributed by atoms with Gasteiger partial charge in [0.2, 0.25) is 0 Å². The molecular formula is C19H27N3. The Kier molecular flexibility index (Phi) is 4.17. The molecule has 118 valence electrons. The van der Waals surface area contributed by atoms with Crippen molar-refractivity contribution in [1.82, 2.24) is 15.2 Å². The zero-order valence-electron chi connectivity index (χ0n) is 13.4. The average molecular weight is 297 g/mol. The molecule has 1 aliphatic heterocycles. The van der Waals surface area contributed by atoms with Crippen molar-refractivity contribution in [3.8, 4) is 0 Å². The number of nitrogens with zero attached hydrogens (tertiary/aromatic N) is 1. The Morgan fingerprint density at radius 3 is 2.95 bits per heavy atom. The van der Waals surface area contributed by atoms with Crippen LogP contribution in [0.15, 0.2) is 24.3 Å². The first-order chi connectivity index (χ1) is 10.9. The molecule has 0 amide bonds. The number of nitrogens with one attached hydrogen (secondary N) is 2. The largest absolute Gasteiger partial charge is 0.343 e. The summed E-state index contributed by atoms with van der Waals surface area (Å²) in [5, 5.41) is 8.76. The van der Waals surface area contributed by atoms with Gasteiger partial charge in [0, 0.05) is 35.7 Å². The van der Waals surface area contributed by atoms with Crippen LogP contribution in [-0.2, 0) is 19.5 Å². The second-order valence-corrected chi connectivity index (χ2v) is 6.81. The number of hydrogen-bond acceptors (Lipinski definition) is 2. The topological polar surface area (TPSA) is 29.0 Å². The summed E-state index contributed by atoms with van der Waals surface area (Å²) in [6.07, 6.45) is 7.99. The molecule has 0 radical (unpaired) electrons. The van der Waals surface area contributed by atoms with E-state index in [1.165, 1.54) is 55.1 Å². The summed E-state index contributed by atoms with van der Waals surface area (Å²) in [6, 6.07) is 9.73. The third-order valence-electron chi connectivity index (χ3n) is 5.39. The van der Waals surface area contributed by atoms with Crippen LogP contribution in [0.4, 0.5) is 0 Å². The third-order valence-corrected chi connectivity index (χ3v) is 5.39. The molecule has 3 nitrogen and oxygen atoms in total. The Bertz CT molecular complexity index is 637. The van der Waals surface area contributed by atoms with E-state index in [2.05, 4.69) is 39.5 Å². The van der Waals surface area contributed by atoms with Crippen LogP contribution in [0.1, 0.15) is 43.4 Å². The average Bonchev–Trinajstić information content (AvgIpc) is 3.18. The van der Waals surface area contributed by atoms with E-state index >= 15 is 0 Å². The van der Waals surface area contributed by atoms with Crippen LogP contribution in [0.5, 0.6) is 0 Å². The van der Waals surface area contributed by atoms with Gasteiger partial charge in [-0.1, -0.05) is 31.0 Å². The molecule has 1 fully saturated rings. The minimum Gasteiger partial charge on any atom is -0.343 e. The molecule has 1 aromatic heterocycles. The predicted molar refractivity (Wildman–Crippen MR) is 92.2 cm³/mol. The first kappa shape index (κ1) is 14.3.